The zero-order valence-electron chi connectivity index (χ0n) is 35.5. The van der Waals surface area contributed by atoms with Crippen molar-refractivity contribution in [2.75, 3.05) is 31.1 Å². The van der Waals surface area contributed by atoms with Crippen LogP contribution in [0.15, 0.2) is 54.6 Å². The third-order valence-corrected chi connectivity index (χ3v) is 14.1. The monoisotopic (exact) mass is 930 g/mol. The van der Waals surface area contributed by atoms with Crippen molar-refractivity contribution in [2.24, 2.45) is 34.4 Å². The summed E-state index contributed by atoms with van der Waals surface area (Å²) in [5.41, 5.74) is 37.7. The van der Waals surface area contributed by atoms with E-state index in [9.17, 15) is 35.4 Å². The molecule has 0 bridgehead atoms. The number of carbonyl (C=O) groups excluding carboxylic acids is 1. The second kappa shape index (κ2) is 20.6. The van der Waals surface area contributed by atoms with Gasteiger partial charge in [-0.2, -0.15) is 11.8 Å². The van der Waals surface area contributed by atoms with Crippen LogP contribution in [0, 0.1) is 0 Å². The van der Waals surface area contributed by atoms with Crippen LogP contribution in [0.3, 0.4) is 0 Å². The van der Waals surface area contributed by atoms with E-state index in [4.69, 9.17) is 62.8 Å². The number of urea groups is 1. The first-order chi connectivity index (χ1) is 31.2. The average molecular weight is 931 g/mol. The van der Waals surface area contributed by atoms with E-state index in [-0.39, 0.29) is 37.8 Å². The summed E-state index contributed by atoms with van der Waals surface area (Å²) in [6.45, 7) is 0.234. The molecule has 0 spiro atoms. The Labute approximate surface area is 378 Å². The van der Waals surface area contributed by atoms with E-state index in [1.165, 1.54) is 17.1 Å². The molecule has 4 aliphatic rings. The SMILES string of the molecule is NCC1OC(OC2C(N)CC(N)C(O)C2OC2OC(CSCCNC(=O)NCc3ccc4ccc5cccc6ccc3c4c56)C(O[C@H]3O[C@@H](CN)C(O)C(O)C3N)C2O)C(N)C(O)C1O. The summed E-state index contributed by atoms with van der Waals surface area (Å²) in [5, 5.41) is 78.0. The van der Waals surface area contributed by atoms with E-state index in [0.717, 1.165) is 32.5 Å². The van der Waals surface area contributed by atoms with E-state index in [1.807, 2.05) is 12.1 Å². The van der Waals surface area contributed by atoms with Crippen LogP contribution >= 0.6 is 11.8 Å². The van der Waals surface area contributed by atoms with Gasteiger partial charge >= 0.3 is 6.03 Å². The van der Waals surface area contributed by atoms with E-state index < -0.39 is 116 Å². The Balaban J connectivity index is 0.916. The van der Waals surface area contributed by atoms with Gasteiger partial charge in [-0.15, -0.1) is 0 Å². The first-order valence-corrected chi connectivity index (χ1v) is 23.0. The van der Waals surface area contributed by atoms with E-state index in [2.05, 4.69) is 53.1 Å². The maximum absolute atomic E-state index is 13.0. The van der Waals surface area contributed by atoms with Gasteiger partial charge in [-0.25, -0.2) is 4.79 Å². The van der Waals surface area contributed by atoms with E-state index in [0.29, 0.717) is 12.3 Å². The minimum Gasteiger partial charge on any atom is -0.389 e. The van der Waals surface area contributed by atoms with Crippen LogP contribution in [0.2, 0.25) is 0 Å². The number of rotatable bonds is 15. The van der Waals surface area contributed by atoms with Gasteiger partial charge in [-0.3, -0.25) is 0 Å². The molecular weight excluding hydrogens is 869 g/mol. The van der Waals surface area contributed by atoms with Crippen molar-refractivity contribution >= 4 is 50.1 Å². The molecular formula is C43H62N8O13S. The molecule has 3 saturated heterocycles. The van der Waals surface area contributed by atoms with Crippen molar-refractivity contribution in [2.45, 2.75) is 129 Å². The largest absolute Gasteiger partial charge is 0.389 e. The average Bonchev–Trinajstić information content (AvgIpc) is 3.59. The maximum atomic E-state index is 13.0. The highest BCUT2D eigenvalue weighted by Gasteiger charge is 2.54. The molecule has 4 aromatic carbocycles. The standard InChI is InChI=1S/C43H62N8O13S/c44-13-24-32(53)34(55)29(48)40(59-24)62-37-23(47)12-22(46)31(52)39(37)64-42-36(57)38(63-41-30(49)35(56)33(54)25(14-45)60-41)26(61-42)16-65-11-10-50-43(58)51-15-20-7-6-19-5-4-17-2-1-3-18-8-9-21(20)28(19)27(17)18/h1-9,22-26,29-42,52-57H,10-16,44-49H2,(H2,50,51,58)/t22?,23?,24?,25-,26?,29?,30?,31?,32?,33?,34?,35?,36?,37?,38?,39?,40?,41+,42?/m0/s1. The number of carbonyl (C=O) groups is 1. The van der Waals surface area contributed by atoms with Crippen molar-refractivity contribution < 1.29 is 63.9 Å². The number of benzene rings is 4. The lowest BCUT2D eigenvalue weighted by atomic mass is 9.84. The molecule has 358 valence electrons. The second-order valence-electron chi connectivity index (χ2n) is 17.3. The second-order valence-corrected chi connectivity index (χ2v) is 18.5. The zero-order chi connectivity index (χ0) is 46.3. The van der Waals surface area contributed by atoms with Gasteiger partial charge in [0.25, 0.3) is 0 Å². The summed E-state index contributed by atoms with van der Waals surface area (Å²) >= 11 is 1.37. The molecule has 0 radical (unpaired) electrons. The fourth-order valence-corrected chi connectivity index (χ4v) is 10.3. The summed E-state index contributed by atoms with van der Waals surface area (Å²) in [6.07, 6.45) is -19.6. The lowest BCUT2D eigenvalue weighted by Crippen LogP contribution is -2.68. The van der Waals surface area contributed by atoms with Crippen LogP contribution in [0.5, 0.6) is 0 Å². The number of nitrogens with two attached hydrogens (primary N) is 6. The summed E-state index contributed by atoms with van der Waals surface area (Å²) in [6, 6.07) is 14.1. The predicted molar refractivity (Wildman–Crippen MR) is 239 cm³/mol. The zero-order valence-corrected chi connectivity index (χ0v) is 36.3. The van der Waals surface area contributed by atoms with Gasteiger partial charge in [-0.05, 0) is 44.3 Å². The molecule has 1 saturated carbocycles. The smallest absolute Gasteiger partial charge is 0.315 e. The van der Waals surface area contributed by atoms with E-state index >= 15 is 0 Å². The predicted octanol–water partition coefficient (Wildman–Crippen LogP) is -3.76. The summed E-state index contributed by atoms with van der Waals surface area (Å²) in [5.74, 6) is 0.589. The molecule has 1 aliphatic carbocycles. The third-order valence-electron chi connectivity index (χ3n) is 13.1. The Kier molecular flexibility index (Phi) is 15.3. The van der Waals surface area contributed by atoms with Crippen LogP contribution in [0.25, 0.3) is 32.3 Å². The Morgan fingerprint density at radius 2 is 1.17 bits per heavy atom. The number of hydrogen-bond donors (Lipinski definition) is 14. The number of ether oxygens (including phenoxy) is 6. The quantitative estimate of drug-likeness (QED) is 0.0402. The lowest BCUT2D eigenvalue weighted by Gasteiger charge is -2.47. The molecule has 20 N–H and O–H groups in total. The molecule has 4 fully saturated rings. The molecule has 0 aromatic heterocycles. The highest BCUT2D eigenvalue weighted by Crippen LogP contribution is 2.37. The molecule has 4 aromatic rings. The van der Waals surface area contributed by atoms with Crippen LogP contribution < -0.4 is 45.0 Å². The van der Waals surface area contributed by atoms with Crippen LogP contribution in [0.1, 0.15) is 12.0 Å². The molecule has 22 heteroatoms. The molecule has 65 heavy (non-hydrogen) atoms. The molecule has 19 atom stereocenters. The molecule has 3 aliphatic heterocycles. The fraction of sp³-hybridized carbons (Fsp3) is 0.605. The van der Waals surface area contributed by atoms with Gasteiger partial charge in [0.1, 0.15) is 61.0 Å². The normalized spacial score (nSPS) is 39.0. The van der Waals surface area contributed by atoms with Crippen molar-refractivity contribution in [3.63, 3.8) is 0 Å². The number of nitrogens with one attached hydrogen (secondary N) is 2. The van der Waals surface area contributed by atoms with Gasteiger partial charge < -0.3 is 104 Å². The first-order valence-electron chi connectivity index (χ1n) is 21.9. The minimum atomic E-state index is -1.57. The van der Waals surface area contributed by atoms with Crippen molar-refractivity contribution in [3.8, 4) is 0 Å². The molecule has 21 nitrogen and oxygen atoms in total. The highest BCUT2D eigenvalue weighted by molar-refractivity contribution is 7.99. The Bertz CT molecular complexity index is 2200. The highest BCUT2D eigenvalue weighted by atomic mass is 32.2. The number of amides is 2. The lowest BCUT2D eigenvalue weighted by molar-refractivity contribution is -0.306. The minimum absolute atomic E-state index is 0.0810. The third kappa shape index (κ3) is 9.76. The topological polar surface area (TPSA) is 374 Å². The van der Waals surface area contributed by atoms with Crippen LogP contribution in [-0.2, 0) is 35.0 Å². The summed E-state index contributed by atoms with van der Waals surface area (Å²) in [4.78, 5) is 13.0. The Hall–Kier alpha value is -3.18. The molecule has 3 heterocycles. The maximum Gasteiger partial charge on any atom is 0.315 e. The van der Waals surface area contributed by atoms with Crippen molar-refractivity contribution in [1.82, 2.24) is 10.6 Å². The van der Waals surface area contributed by atoms with Gasteiger partial charge in [-0.1, -0.05) is 54.6 Å². The Morgan fingerprint density at radius 1 is 0.615 bits per heavy atom. The number of hydrogen-bond acceptors (Lipinski definition) is 20. The Morgan fingerprint density at radius 3 is 1.80 bits per heavy atom. The number of aliphatic hydroxyl groups is 6. The molecule has 17 unspecified atom stereocenters. The number of aliphatic hydroxyl groups excluding tert-OH is 6. The van der Waals surface area contributed by atoms with Gasteiger partial charge in [0.15, 0.2) is 18.9 Å². The summed E-state index contributed by atoms with van der Waals surface area (Å²) in [7, 11) is 0. The van der Waals surface area contributed by atoms with Gasteiger partial charge in [0, 0.05) is 49.8 Å². The number of thioether (sulfide) groups is 1. The molecule has 8 rings (SSSR count). The van der Waals surface area contributed by atoms with Crippen LogP contribution in [0.4, 0.5) is 4.79 Å². The van der Waals surface area contributed by atoms with Crippen molar-refractivity contribution in [1.29, 1.82) is 0 Å². The van der Waals surface area contributed by atoms with Crippen LogP contribution in [-0.4, -0.2) is 184 Å². The molecule has 2 amide bonds. The fourth-order valence-electron chi connectivity index (χ4n) is 9.35. The van der Waals surface area contributed by atoms with Gasteiger partial charge in [0.2, 0.25) is 0 Å². The summed E-state index contributed by atoms with van der Waals surface area (Å²) < 4.78 is 36.5. The first kappa shape index (κ1) is 48.3. The van der Waals surface area contributed by atoms with Gasteiger partial charge in [0.05, 0.1) is 24.3 Å². The van der Waals surface area contributed by atoms with Crippen molar-refractivity contribution in [3.05, 3.63) is 60.2 Å². The van der Waals surface area contributed by atoms with E-state index in [1.54, 1.807) is 0 Å².